The topological polar surface area (TPSA) is 102 Å². The number of esters is 2. The molecule has 8 nitrogen and oxygen atoms in total. The maximum absolute atomic E-state index is 13.1. The fourth-order valence-corrected chi connectivity index (χ4v) is 4.01. The smallest absolute Gasteiger partial charge is 0.343 e. The van der Waals surface area contributed by atoms with Gasteiger partial charge in [0.15, 0.2) is 0 Å². The van der Waals surface area contributed by atoms with Gasteiger partial charge in [-0.2, -0.15) is 0 Å². The van der Waals surface area contributed by atoms with Crippen molar-refractivity contribution in [1.29, 1.82) is 0 Å². The lowest BCUT2D eigenvalue weighted by atomic mass is 10.0. The molecule has 0 fully saturated rings. The summed E-state index contributed by atoms with van der Waals surface area (Å²) in [4.78, 5) is 51.4. The van der Waals surface area contributed by atoms with Crippen molar-refractivity contribution >= 4 is 46.7 Å². The van der Waals surface area contributed by atoms with E-state index in [2.05, 4.69) is 19.2 Å². The summed E-state index contributed by atoms with van der Waals surface area (Å²) in [6.07, 6.45) is -0.280. The molecule has 200 valence electrons. The molecule has 0 radical (unpaired) electrons. The Kier molecular flexibility index (Phi) is 8.16. The Labute approximate surface area is 231 Å². The molecule has 1 aliphatic heterocycles. The molecule has 0 saturated heterocycles. The van der Waals surface area contributed by atoms with Crippen LogP contribution in [0.5, 0.6) is 5.75 Å². The first-order chi connectivity index (χ1) is 18.5. The zero-order valence-electron chi connectivity index (χ0n) is 21.9. The van der Waals surface area contributed by atoms with Gasteiger partial charge >= 0.3 is 11.9 Å². The summed E-state index contributed by atoms with van der Waals surface area (Å²) in [6, 6.07) is 19.4. The quantitative estimate of drug-likeness (QED) is 0.209. The minimum absolute atomic E-state index is 0.106. The summed E-state index contributed by atoms with van der Waals surface area (Å²) < 4.78 is 10.6. The summed E-state index contributed by atoms with van der Waals surface area (Å²) in [7, 11) is 0. The van der Waals surface area contributed by atoms with Crippen molar-refractivity contribution in [2.75, 3.05) is 10.2 Å². The van der Waals surface area contributed by atoms with E-state index in [0.29, 0.717) is 22.9 Å². The number of anilines is 2. The van der Waals surface area contributed by atoms with Crippen molar-refractivity contribution in [3.05, 3.63) is 100 Å². The monoisotopic (exact) mass is 546 g/mol. The lowest BCUT2D eigenvalue weighted by molar-refractivity contribution is -0.120. The molecule has 0 bridgehead atoms. The van der Waals surface area contributed by atoms with Gasteiger partial charge in [0.25, 0.3) is 11.8 Å². The van der Waals surface area contributed by atoms with Gasteiger partial charge in [-0.15, -0.1) is 0 Å². The number of halogens is 1. The molecule has 0 aliphatic carbocycles. The first-order valence-electron chi connectivity index (χ1n) is 12.3. The van der Waals surface area contributed by atoms with Gasteiger partial charge in [0.1, 0.15) is 16.5 Å². The Bertz CT molecular complexity index is 1440. The number of hydrogen-bond donors (Lipinski definition) is 1. The molecule has 0 atom stereocenters. The predicted molar refractivity (Wildman–Crippen MR) is 148 cm³/mol. The first kappa shape index (κ1) is 27.6. The van der Waals surface area contributed by atoms with Crippen LogP contribution in [0.3, 0.4) is 0 Å². The maximum Gasteiger partial charge on any atom is 0.343 e. The van der Waals surface area contributed by atoms with Crippen molar-refractivity contribution in [2.45, 2.75) is 39.7 Å². The van der Waals surface area contributed by atoms with Crippen LogP contribution in [-0.2, 0) is 14.3 Å². The average molecular weight is 547 g/mol. The second kappa shape index (κ2) is 11.5. The van der Waals surface area contributed by atoms with E-state index < -0.39 is 23.8 Å². The molecule has 39 heavy (non-hydrogen) atoms. The first-order valence-corrected chi connectivity index (χ1v) is 12.7. The highest BCUT2D eigenvalue weighted by Crippen LogP contribution is 2.30. The van der Waals surface area contributed by atoms with Crippen LogP contribution in [0.25, 0.3) is 0 Å². The third kappa shape index (κ3) is 6.18. The molecule has 0 aromatic heterocycles. The number of hydrogen-bond acceptors (Lipinski definition) is 7. The number of amides is 2. The van der Waals surface area contributed by atoms with Crippen LogP contribution >= 0.6 is 11.6 Å². The van der Waals surface area contributed by atoms with E-state index in [4.69, 9.17) is 21.1 Å². The second-order valence-corrected chi connectivity index (χ2v) is 9.83. The van der Waals surface area contributed by atoms with Gasteiger partial charge in [0.2, 0.25) is 0 Å². The zero-order valence-corrected chi connectivity index (χ0v) is 22.6. The van der Waals surface area contributed by atoms with E-state index in [9.17, 15) is 19.2 Å². The maximum atomic E-state index is 13.1. The molecule has 3 aromatic rings. The molecular weight excluding hydrogens is 520 g/mol. The summed E-state index contributed by atoms with van der Waals surface area (Å²) >= 11 is 6.22. The summed E-state index contributed by atoms with van der Waals surface area (Å²) in [5.41, 5.74) is 2.32. The van der Waals surface area contributed by atoms with Gasteiger partial charge in [-0.05, 0) is 86.0 Å². The van der Waals surface area contributed by atoms with Gasteiger partial charge in [-0.1, -0.05) is 37.6 Å². The molecule has 2 amide bonds. The van der Waals surface area contributed by atoms with E-state index in [0.717, 1.165) is 10.5 Å². The number of rotatable bonds is 8. The second-order valence-electron chi connectivity index (χ2n) is 9.45. The fourth-order valence-electron chi connectivity index (χ4n) is 3.80. The van der Waals surface area contributed by atoms with Gasteiger partial charge in [-0.3, -0.25) is 9.59 Å². The lowest BCUT2D eigenvalue weighted by Crippen LogP contribution is -2.32. The van der Waals surface area contributed by atoms with Crippen LogP contribution in [0.15, 0.2) is 83.5 Å². The summed E-state index contributed by atoms with van der Waals surface area (Å²) in [5.74, 6) is -1.60. The SMILES string of the molecule is CC(C)OC(=O)c1ccc(N2C(=O)C(Cl)=C(Nc3ccc(C(=O)Oc4ccc(C(C)C)cc4)cc3)C2=O)cc1. The van der Waals surface area contributed by atoms with Crippen molar-refractivity contribution in [3.8, 4) is 5.75 Å². The number of carbonyl (C=O) groups is 4. The van der Waals surface area contributed by atoms with E-state index in [-0.39, 0.29) is 28.1 Å². The van der Waals surface area contributed by atoms with Crippen LogP contribution in [0.1, 0.15) is 59.9 Å². The Morgan fingerprint density at radius 1 is 0.769 bits per heavy atom. The summed E-state index contributed by atoms with van der Waals surface area (Å²) in [5, 5.41) is 2.58. The number of nitrogens with zero attached hydrogens (tertiary/aromatic N) is 1. The number of imide groups is 1. The van der Waals surface area contributed by atoms with Crippen LogP contribution < -0.4 is 15.0 Å². The van der Waals surface area contributed by atoms with Crippen LogP contribution in [0.4, 0.5) is 11.4 Å². The Hall–Kier alpha value is -4.43. The summed E-state index contributed by atoms with van der Waals surface area (Å²) in [6.45, 7) is 7.64. The minimum Gasteiger partial charge on any atom is -0.459 e. The third-order valence-electron chi connectivity index (χ3n) is 5.88. The van der Waals surface area contributed by atoms with Crippen molar-refractivity contribution < 1.29 is 28.7 Å². The number of benzene rings is 3. The highest BCUT2D eigenvalue weighted by atomic mass is 35.5. The number of nitrogens with one attached hydrogen (secondary N) is 1. The molecular formula is C30H27ClN2O6. The van der Waals surface area contributed by atoms with Gasteiger partial charge < -0.3 is 14.8 Å². The molecule has 0 unspecified atom stereocenters. The van der Waals surface area contributed by atoms with E-state index in [1.807, 2.05) is 12.1 Å². The van der Waals surface area contributed by atoms with E-state index >= 15 is 0 Å². The Morgan fingerprint density at radius 2 is 1.33 bits per heavy atom. The number of carbonyl (C=O) groups excluding carboxylic acids is 4. The highest BCUT2D eigenvalue weighted by molar-refractivity contribution is 6.53. The molecule has 9 heteroatoms. The molecule has 3 aromatic carbocycles. The number of ether oxygens (including phenoxy) is 2. The largest absolute Gasteiger partial charge is 0.459 e. The lowest BCUT2D eigenvalue weighted by Gasteiger charge is -2.16. The van der Waals surface area contributed by atoms with Crippen molar-refractivity contribution in [2.24, 2.45) is 0 Å². The van der Waals surface area contributed by atoms with Crippen molar-refractivity contribution in [3.63, 3.8) is 0 Å². The fraction of sp³-hybridized carbons (Fsp3) is 0.200. The van der Waals surface area contributed by atoms with Gasteiger partial charge in [-0.25, -0.2) is 14.5 Å². The predicted octanol–water partition coefficient (Wildman–Crippen LogP) is 6.03. The molecule has 0 spiro atoms. The molecule has 1 N–H and O–H groups in total. The zero-order chi connectivity index (χ0) is 28.3. The highest BCUT2D eigenvalue weighted by Gasteiger charge is 2.39. The average Bonchev–Trinajstić information content (AvgIpc) is 3.12. The van der Waals surface area contributed by atoms with Crippen LogP contribution in [0, 0.1) is 0 Å². The standard InChI is InChI=1S/C30H27ClN2O6/c1-17(2)19-9-15-24(16-10-19)39-30(37)20-5-11-22(12-6-20)32-26-25(31)27(34)33(28(26)35)23-13-7-21(8-14-23)29(36)38-18(3)4/h5-18,32H,1-4H3. The third-order valence-corrected chi connectivity index (χ3v) is 6.23. The van der Waals surface area contributed by atoms with Gasteiger partial charge in [0, 0.05) is 5.69 Å². The molecule has 1 aliphatic rings. The molecule has 0 saturated carbocycles. The van der Waals surface area contributed by atoms with E-state index in [1.54, 1.807) is 38.1 Å². The Balaban J connectivity index is 1.42. The minimum atomic E-state index is -0.703. The van der Waals surface area contributed by atoms with Crippen LogP contribution in [-0.4, -0.2) is 29.9 Å². The Morgan fingerprint density at radius 3 is 1.90 bits per heavy atom. The van der Waals surface area contributed by atoms with Crippen LogP contribution in [0.2, 0.25) is 0 Å². The van der Waals surface area contributed by atoms with Crippen molar-refractivity contribution in [1.82, 2.24) is 0 Å². The molecule has 4 rings (SSSR count). The molecule has 1 heterocycles. The van der Waals surface area contributed by atoms with Gasteiger partial charge in [0.05, 0.1) is 22.9 Å². The van der Waals surface area contributed by atoms with E-state index in [1.165, 1.54) is 36.4 Å². The normalized spacial score (nSPS) is 13.4.